The summed E-state index contributed by atoms with van der Waals surface area (Å²) in [4.78, 5) is 42.2. The average molecular weight is 494 g/mol. The van der Waals surface area contributed by atoms with Crippen LogP contribution in [0.3, 0.4) is 0 Å². The Morgan fingerprint density at radius 3 is 2.46 bits per heavy atom. The standard InChI is InChI=1S/C22H25F3N6O4/c1-29(2)19(32)7-14-11-30(12-14)21-27-8-15(9-28-21)31-6-5-17(20(31)33)35-16-3-4-18(26-10-16)34-13-22(23,24)25/h3-4,8-10,14,17H,5-7,11-13H2,1-2H3/t17-/m1/s1. The molecule has 0 radical (unpaired) electrons. The predicted octanol–water partition coefficient (Wildman–Crippen LogP) is 1.91. The molecule has 2 amide bonds. The normalized spacial score (nSPS) is 18.4. The molecule has 10 nitrogen and oxygen atoms in total. The van der Waals surface area contributed by atoms with Crippen LogP contribution in [0.1, 0.15) is 12.8 Å². The molecule has 0 aliphatic carbocycles. The highest BCUT2D eigenvalue weighted by Crippen LogP contribution is 2.28. The van der Waals surface area contributed by atoms with Gasteiger partial charge in [0, 0.05) is 58.6 Å². The minimum Gasteiger partial charge on any atom is -0.479 e. The molecule has 2 aliphatic heterocycles. The number of ether oxygens (including phenoxy) is 2. The molecule has 0 saturated carbocycles. The number of carbonyl (C=O) groups excluding carboxylic acids is 2. The molecule has 0 aromatic carbocycles. The van der Waals surface area contributed by atoms with Crippen LogP contribution in [0.25, 0.3) is 0 Å². The first-order valence-corrected chi connectivity index (χ1v) is 11.0. The number of hydrogen-bond donors (Lipinski definition) is 0. The molecule has 2 aromatic heterocycles. The number of nitrogens with zero attached hydrogens (tertiary/aromatic N) is 6. The Labute approximate surface area is 199 Å². The largest absolute Gasteiger partial charge is 0.479 e. The van der Waals surface area contributed by atoms with Gasteiger partial charge in [0.2, 0.25) is 17.7 Å². The second-order valence-electron chi connectivity index (χ2n) is 8.63. The fourth-order valence-electron chi connectivity index (χ4n) is 3.77. The van der Waals surface area contributed by atoms with Crippen LogP contribution in [0.2, 0.25) is 0 Å². The fraction of sp³-hybridized carbons (Fsp3) is 0.500. The lowest BCUT2D eigenvalue weighted by Crippen LogP contribution is -2.49. The maximum Gasteiger partial charge on any atom is 0.422 e. The van der Waals surface area contributed by atoms with Crippen LogP contribution in [0.5, 0.6) is 11.6 Å². The Hall–Kier alpha value is -3.64. The molecule has 188 valence electrons. The number of halogens is 3. The van der Waals surface area contributed by atoms with Crippen molar-refractivity contribution in [2.24, 2.45) is 5.92 Å². The smallest absolute Gasteiger partial charge is 0.422 e. The van der Waals surface area contributed by atoms with Crippen LogP contribution >= 0.6 is 0 Å². The van der Waals surface area contributed by atoms with Gasteiger partial charge in [-0.2, -0.15) is 13.2 Å². The second-order valence-corrected chi connectivity index (χ2v) is 8.63. The number of amides is 2. The van der Waals surface area contributed by atoms with Gasteiger partial charge in [-0.1, -0.05) is 0 Å². The van der Waals surface area contributed by atoms with E-state index in [1.807, 2.05) is 4.90 Å². The minimum atomic E-state index is -4.46. The molecular weight excluding hydrogens is 469 g/mol. The Morgan fingerprint density at radius 2 is 1.86 bits per heavy atom. The van der Waals surface area contributed by atoms with Gasteiger partial charge >= 0.3 is 6.18 Å². The number of carbonyl (C=O) groups is 2. The van der Waals surface area contributed by atoms with Crippen molar-refractivity contribution in [2.45, 2.75) is 25.1 Å². The summed E-state index contributed by atoms with van der Waals surface area (Å²) in [6, 6.07) is 2.65. The third-order valence-corrected chi connectivity index (χ3v) is 5.67. The summed E-state index contributed by atoms with van der Waals surface area (Å²) in [5.41, 5.74) is 0.540. The van der Waals surface area contributed by atoms with Gasteiger partial charge < -0.3 is 24.2 Å². The summed E-state index contributed by atoms with van der Waals surface area (Å²) in [7, 11) is 3.47. The Kier molecular flexibility index (Phi) is 6.94. The highest BCUT2D eigenvalue weighted by Gasteiger charge is 2.36. The van der Waals surface area contributed by atoms with Crippen molar-refractivity contribution in [1.29, 1.82) is 0 Å². The molecule has 2 fully saturated rings. The zero-order valence-electron chi connectivity index (χ0n) is 19.2. The van der Waals surface area contributed by atoms with Gasteiger partial charge in [-0.05, 0) is 6.07 Å². The number of anilines is 2. The summed E-state index contributed by atoms with van der Waals surface area (Å²) in [6.07, 6.45) is 0.0628. The number of pyridine rings is 1. The number of rotatable bonds is 8. The fourth-order valence-corrected chi connectivity index (χ4v) is 3.77. The third-order valence-electron chi connectivity index (χ3n) is 5.67. The third kappa shape index (κ3) is 6.08. The molecule has 0 unspecified atom stereocenters. The zero-order chi connectivity index (χ0) is 25.2. The molecule has 2 aromatic rings. The van der Waals surface area contributed by atoms with Crippen LogP contribution in [0, 0.1) is 5.92 Å². The van der Waals surface area contributed by atoms with Crippen molar-refractivity contribution < 1.29 is 32.2 Å². The van der Waals surface area contributed by atoms with E-state index in [0.29, 0.717) is 44.1 Å². The van der Waals surface area contributed by atoms with Crippen LogP contribution < -0.4 is 19.3 Å². The van der Waals surface area contributed by atoms with Gasteiger partial charge in [-0.3, -0.25) is 9.59 Å². The van der Waals surface area contributed by atoms with Gasteiger partial charge in [0.15, 0.2) is 12.7 Å². The maximum atomic E-state index is 12.8. The quantitative estimate of drug-likeness (QED) is 0.549. The van der Waals surface area contributed by atoms with Gasteiger partial charge in [0.05, 0.1) is 24.3 Å². The lowest BCUT2D eigenvalue weighted by atomic mass is 9.96. The zero-order valence-corrected chi connectivity index (χ0v) is 19.2. The predicted molar refractivity (Wildman–Crippen MR) is 118 cm³/mol. The minimum absolute atomic E-state index is 0.0942. The van der Waals surface area contributed by atoms with Crippen LogP contribution in [0.15, 0.2) is 30.7 Å². The van der Waals surface area contributed by atoms with Crippen molar-refractivity contribution in [3.63, 3.8) is 0 Å². The van der Waals surface area contributed by atoms with Crippen molar-refractivity contribution in [1.82, 2.24) is 19.9 Å². The summed E-state index contributed by atoms with van der Waals surface area (Å²) in [6.45, 7) is 0.369. The van der Waals surface area contributed by atoms with Gasteiger partial charge in [0.1, 0.15) is 5.75 Å². The molecule has 2 saturated heterocycles. The van der Waals surface area contributed by atoms with E-state index in [1.54, 1.807) is 31.4 Å². The van der Waals surface area contributed by atoms with Gasteiger partial charge in [-0.25, -0.2) is 15.0 Å². The molecule has 4 heterocycles. The van der Waals surface area contributed by atoms with Crippen molar-refractivity contribution in [3.8, 4) is 11.6 Å². The van der Waals surface area contributed by atoms with E-state index in [-0.39, 0.29) is 29.4 Å². The Balaban J connectivity index is 1.27. The van der Waals surface area contributed by atoms with E-state index >= 15 is 0 Å². The molecule has 1 atom stereocenters. The summed E-state index contributed by atoms with van der Waals surface area (Å²) in [5, 5.41) is 0. The van der Waals surface area contributed by atoms with E-state index < -0.39 is 18.9 Å². The van der Waals surface area contributed by atoms with E-state index in [9.17, 15) is 22.8 Å². The van der Waals surface area contributed by atoms with Crippen LogP contribution in [-0.4, -0.2) is 84.3 Å². The topological polar surface area (TPSA) is 101 Å². The Bertz CT molecular complexity index is 1040. The highest BCUT2D eigenvalue weighted by atomic mass is 19.4. The maximum absolute atomic E-state index is 12.8. The molecule has 35 heavy (non-hydrogen) atoms. The first kappa shape index (κ1) is 24.5. The monoisotopic (exact) mass is 494 g/mol. The lowest BCUT2D eigenvalue weighted by Gasteiger charge is -2.39. The van der Waals surface area contributed by atoms with Gasteiger partial charge in [0.25, 0.3) is 5.91 Å². The average Bonchev–Trinajstić information content (AvgIpc) is 3.15. The molecule has 0 N–H and O–H groups in total. The summed E-state index contributed by atoms with van der Waals surface area (Å²) >= 11 is 0. The van der Waals surface area contributed by atoms with Crippen LogP contribution in [0.4, 0.5) is 24.8 Å². The lowest BCUT2D eigenvalue weighted by molar-refractivity contribution is -0.154. The number of alkyl halides is 3. The SMILES string of the molecule is CN(C)C(=O)CC1CN(c2ncc(N3CC[C@@H](Oc4ccc(OCC(F)(F)F)nc4)C3=O)cn2)C1. The van der Waals surface area contributed by atoms with E-state index in [2.05, 4.69) is 19.7 Å². The van der Waals surface area contributed by atoms with Crippen molar-refractivity contribution >= 4 is 23.5 Å². The summed E-state index contributed by atoms with van der Waals surface area (Å²) in [5.74, 6) is 0.689. The molecule has 2 aliphatic rings. The number of aromatic nitrogens is 3. The molecule has 0 spiro atoms. The highest BCUT2D eigenvalue weighted by molar-refractivity contribution is 5.98. The number of hydrogen-bond acceptors (Lipinski definition) is 8. The first-order valence-electron chi connectivity index (χ1n) is 11.0. The van der Waals surface area contributed by atoms with E-state index in [1.165, 1.54) is 23.2 Å². The molecule has 0 bridgehead atoms. The summed E-state index contributed by atoms with van der Waals surface area (Å²) < 4.78 is 46.9. The van der Waals surface area contributed by atoms with E-state index in [4.69, 9.17) is 4.74 Å². The molecule has 13 heteroatoms. The Morgan fingerprint density at radius 1 is 1.14 bits per heavy atom. The molecule has 4 rings (SSSR count). The van der Waals surface area contributed by atoms with Gasteiger partial charge in [-0.15, -0.1) is 0 Å². The van der Waals surface area contributed by atoms with Crippen LogP contribution in [-0.2, 0) is 9.59 Å². The first-order chi connectivity index (χ1) is 16.6. The molecular formula is C22H25F3N6O4. The van der Waals surface area contributed by atoms with E-state index in [0.717, 1.165) is 0 Å². The van der Waals surface area contributed by atoms with Crippen molar-refractivity contribution in [3.05, 3.63) is 30.7 Å². The second kappa shape index (κ2) is 9.92. The van der Waals surface area contributed by atoms with Crippen molar-refractivity contribution in [2.75, 3.05) is 50.1 Å².